The maximum Gasteiger partial charge on any atom is 0.281 e. The Hall–Kier alpha value is -3.88. The second-order valence-electron chi connectivity index (χ2n) is 6.53. The quantitative estimate of drug-likeness (QED) is 0.470. The van der Waals surface area contributed by atoms with Crippen LogP contribution in [0.4, 0.5) is 0 Å². The summed E-state index contributed by atoms with van der Waals surface area (Å²) in [6, 6.07) is 11.5. The van der Waals surface area contributed by atoms with E-state index in [9.17, 15) is 4.79 Å². The lowest BCUT2D eigenvalue weighted by atomic mass is 10.1. The molecule has 1 aromatic carbocycles. The van der Waals surface area contributed by atoms with Crippen LogP contribution in [0, 0.1) is 20.8 Å². The van der Waals surface area contributed by atoms with E-state index in [4.69, 9.17) is 0 Å². The number of aromatic nitrogens is 8. The number of pyridine rings is 1. The van der Waals surface area contributed by atoms with Crippen LogP contribution in [-0.4, -0.2) is 39.1 Å². The monoisotopic (exact) mass is 372 g/mol. The molecular formula is C19H16N8O. The van der Waals surface area contributed by atoms with Gasteiger partial charge in [-0.15, -0.1) is 15.3 Å². The van der Waals surface area contributed by atoms with E-state index in [0.29, 0.717) is 39.8 Å². The molecule has 28 heavy (non-hydrogen) atoms. The molecule has 0 unspecified atom stereocenters. The lowest BCUT2D eigenvalue weighted by molar-refractivity contribution is 0.595. The van der Waals surface area contributed by atoms with Gasteiger partial charge in [0.1, 0.15) is 17.5 Å². The Balaban J connectivity index is 1.98. The van der Waals surface area contributed by atoms with Gasteiger partial charge in [0.25, 0.3) is 11.3 Å². The highest BCUT2D eigenvalue weighted by molar-refractivity contribution is 5.93. The van der Waals surface area contributed by atoms with Crippen LogP contribution in [0.1, 0.15) is 17.5 Å². The summed E-state index contributed by atoms with van der Waals surface area (Å²) in [4.78, 5) is 22.5. The molecule has 0 aliphatic rings. The molecule has 0 atom stereocenters. The van der Waals surface area contributed by atoms with Crippen molar-refractivity contribution in [1.29, 1.82) is 0 Å². The summed E-state index contributed by atoms with van der Waals surface area (Å²) in [5, 5.41) is 13.0. The molecule has 9 heteroatoms. The highest BCUT2D eigenvalue weighted by atomic mass is 16.1. The smallest absolute Gasteiger partial charge is 0.267 e. The van der Waals surface area contributed by atoms with E-state index in [2.05, 4.69) is 25.3 Å². The van der Waals surface area contributed by atoms with Crippen LogP contribution in [0.3, 0.4) is 0 Å². The molecular weight excluding hydrogens is 356 g/mol. The Morgan fingerprint density at radius 3 is 2.32 bits per heavy atom. The minimum atomic E-state index is -0.232. The largest absolute Gasteiger partial charge is 0.281 e. The summed E-state index contributed by atoms with van der Waals surface area (Å²) < 4.78 is 4.80. The molecule has 0 bridgehead atoms. The first-order chi connectivity index (χ1) is 13.5. The molecule has 0 amide bonds. The van der Waals surface area contributed by atoms with E-state index in [1.54, 1.807) is 42.2 Å². The van der Waals surface area contributed by atoms with Gasteiger partial charge in [-0.2, -0.15) is 9.50 Å². The van der Waals surface area contributed by atoms with Gasteiger partial charge >= 0.3 is 0 Å². The SMILES string of the molecule is Cc1nc2nc3ccn(-n4c(C)nnc4C)c(=O)c3c(-c3ccccc3)n2n1. The highest BCUT2D eigenvalue weighted by Gasteiger charge is 2.19. The first-order valence-electron chi connectivity index (χ1n) is 8.78. The molecule has 0 radical (unpaired) electrons. The van der Waals surface area contributed by atoms with Crippen molar-refractivity contribution in [2.24, 2.45) is 0 Å². The van der Waals surface area contributed by atoms with Crippen molar-refractivity contribution in [1.82, 2.24) is 39.1 Å². The van der Waals surface area contributed by atoms with Gasteiger partial charge in [-0.05, 0) is 26.8 Å². The van der Waals surface area contributed by atoms with E-state index in [1.807, 2.05) is 30.3 Å². The summed E-state index contributed by atoms with van der Waals surface area (Å²) in [5.74, 6) is 2.28. The predicted octanol–water partition coefficient (Wildman–Crippen LogP) is 1.93. The molecule has 0 saturated heterocycles. The fourth-order valence-corrected chi connectivity index (χ4v) is 3.47. The van der Waals surface area contributed by atoms with Crippen LogP contribution in [0.25, 0.3) is 27.9 Å². The zero-order chi connectivity index (χ0) is 19.4. The molecule has 5 aromatic rings. The maximum atomic E-state index is 13.6. The molecule has 4 aromatic heterocycles. The summed E-state index contributed by atoms with van der Waals surface area (Å²) in [7, 11) is 0. The molecule has 0 aliphatic carbocycles. The summed E-state index contributed by atoms with van der Waals surface area (Å²) in [5.41, 5.74) is 1.84. The molecule has 0 fully saturated rings. The Morgan fingerprint density at radius 1 is 0.893 bits per heavy atom. The minimum Gasteiger partial charge on any atom is -0.267 e. The number of hydrogen-bond acceptors (Lipinski definition) is 6. The highest BCUT2D eigenvalue weighted by Crippen LogP contribution is 2.26. The number of nitrogens with zero attached hydrogens (tertiary/aromatic N) is 8. The Kier molecular flexibility index (Phi) is 3.38. The number of benzene rings is 1. The van der Waals surface area contributed by atoms with E-state index in [-0.39, 0.29) is 5.56 Å². The fourth-order valence-electron chi connectivity index (χ4n) is 3.47. The van der Waals surface area contributed by atoms with Crippen LogP contribution in [0.15, 0.2) is 47.4 Å². The van der Waals surface area contributed by atoms with Crippen LogP contribution >= 0.6 is 0 Å². The van der Waals surface area contributed by atoms with Crippen molar-refractivity contribution in [3.63, 3.8) is 0 Å². The lowest BCUT2D eigenvalue weighted by Gasteiger charge is -2.13. The second kappa shape index (κ2) is 5.81. The third kappa shape index (κ3) is 2.26. The average molecular weight is 372 g/mol. The molecule has 4 heterocycles. The first-order valence-corrected chi connectivity index (χ1v) is 8.78. The van der Waals surface area contributed by atoms with Crippen molar-refractivity contribution in [3.05, 3.63) is 70.4 Å². The topological polar surface area (TPSA) is 95.8 Å². The third-order valence-corrected chi connectivity index (χ3v) is 4.63. The molecule has 5 rings (SSSR count). The van der Waals surface area contributed by atoms with Crippen molar-refractivity contribution < 1.29 is 0 Å². The average Bonchev–Trinajstić information content (AvgIpc) is 3.22. The number of rotatable bonds is 2. The van der Waals surface area contributed by atoms with Gasteiger partial charge in [-0.25, -0.2) is 14.3 Å². The third-order valence-electron chi connectivity index (χ3n) is 4.63. The van der Waals surface area contributed by atoms with Crippen LogP contribution in [0.5, 0.6) is 0 Å². The second-order valence-corrected chi connectivity index (χ2v) is 6.53. The fraction of sp³-hybridized carbons (Fsp3) is 0.158. The maximum absolute atomic E-state index is 13.6. The van der Waals surface area contributed by atoms with E-state index in [1.165, 1.54) is 4.68 Å². The van der Waals surface area contributed by atoms with Gasteiger partial charge in [0, 0.05) is 11.8 Å². The van der Waals surface area contributed by atoms with Gasteiger partial charge in [0.2, 0.25) is 0 Å². The molecule has 0 saturated carbocycles. The molecule has 0 aliphatic heterocycles. The Labute approximate surface area is 158 Å². The van der Waals surface area contributed by atoms with Crippen LogP contribution < -0.4 is 5.56 Å². The normalized spacial score (nSPS) is 11.5. The lowest BCUT2D eigenvalue weighted by Crippen LogP contribution is -2.28. The number of hydrogen-bond donors (Lipinski definition) is 0. The van der Waals surface area contributed by atoms with Gasteiger partial charge in [-0.3, -0.25) is 4.79 Å². The van der Waals surface area contributed by atoms with Gasteiger partial charge in [-0.1, -0.05) is 30.3 Å². The van der Waals surface area contributed by atoms with E-state index >= 15 is 0 Å². The zero-order valence-electron chi connectivity index (χ0n) is 15.5. The first kappa shape index (κ1) is 16.3. The molecule has 0 spiro atoms. The molecule has 0 N–H and O–H groups in total. The number of fused-ring (bicyclic) bond motifs is 2. The number of aryl methyl sites for hydroxylation is 3. The minimum absolute atomic E-state index is 0.232. The Bertz CT molecular complexity index is 1390. The van der Waals surface area contributed by atoms with E-state index < -0.39 is 0 Å². The standard InChI is InChI=1S/C19H16N8O/c1-11-20-19-21-15-9-10-25(27-12(2)22-23-13(27)3)18(28)16(15)17(26(19)24-11)14-7-5-4-6-8-14/h4-10H,1-3H3. The van der Waals surface area contributed by atoms with E-state index in [0.717, 1.165) is 5.56 Å². The summed E-state index contributed by atoms with van der Waals surface area (Å²) >= 11 is 0. The van der Waals surface area contributed by atoms with Gasteiger partial charge in [0.05, 0.1) is 16.6 Å². The van der Waals surface area contributed by atoms with Crippen molar-refractivity contribution in [2.75, 3.05) is 0 Å². The summed E-state index contributed by atoms with van der Waals surface area (Å²) in [6.45, 7) is 5.41. The van der Waals surface area contributed by atoms with Gasteiger partial charge < -0.3 is 0 Å². The predicted molar refractivity (Wildman–Crippen MR) is 103 cm³/mol. The van der Waals surface area contributed by atoms with Crippen molar-refractivity contribution in [3.8, 4) is 11.3 Å². The van der Waals surface area contributed by atoms with Crippen molar-refractivity contribution >= 4 is 16.7 Å². The molecule has 138 valence electrons. The van der Waals surface area contributed by atoms with Gasteiger partial charge in [0.15, 0.2) is 0 Å². The summed E-state index contributed by atoms with van der Waals surface area (Å²) in [6.07, 6.45) is 1.68. The zero-order valence-corrected chi connectivity index (χ0v) is 15.5. The molecule has 9 nitrogen and oxygen atoms in total. The van der Waals surface area contributed by atoms with Crippen LogP contribution in [-0.2, 0) is 0 Å². The van der Waals surface area contributed by atoms with Crippen molar-refractivity contribution in [2.45, 2.75) is 20.8 Å². The van der Waals surface area contributed by atoms with Crippen LogP contribution in [0.2, 0.25) is 0 Å². The Morgan fingerprint density at radius 2 is 1.61 bits per heavy atom.